The molecule has 1 aromatic carbocycles. The molecule has 1 unspecified atom stereocenters. The van der Waals surface area contributed by atoms with Crippen molar-refractivity contribution in [1.29, 1.82) is 0 Å². The fourth-order valence-electron chi connectivity index (χ4n) is 2.25. The molecule has 1 aromatic heterocycles. The normalized spacial score (nSPS) is 12.7. The summed E-state index contributed by atoms with van der Waals surface area (Å²) in [5.74, 6) is -0.405. The molecule has 0 amide bonds. The lowest BCUT2D eigenvalue weighted by molar-refractivity contribution is 0.171. The van der Waals surface area contributed by atoms with Crippen LogP contribution in [0, 0.1) is 12.7 Å². The minimum absolute atomic E-state index is 0.239. The number of aliphatic hydroxyl groups is 1. The zero-order valence-electron chi connectivity index (χ0n) is 11.8. The van der Waals surface area contributed by atoms with Gasteiger partial charge in [0.2, 0.25) is 0 Å². The van der Waals surface area contributed by atoms with Crippen LogP contribution >= 0.6 is 11.6 Å². The molecule has 0 aliphatic rings. The molecule has 0 saturated carbocycles. The topological polar surface area (TPSA) is 38.0 Å². The summed E-state index contributed by atoms with van der Waals surface area (Å²) in [6.07, 6.45) is 0.0251. The van der Waals surface area contributed by atoms with Crippen LogP contribution in [-0.4, -0.2) is 14.9 Å². The number of benzene rings is 1. The lowest BCUT2D eigenvalue weighted by Gasteiger charge is -2.13. The molecule has 0 saturated heterocycles. The lowest BCUT2D eigenvalue weighted by Crippen LogP contribution is -2.08. The molecule has 20 heavy (non-hydrogen) atoms. The second-order valence-corrected chi connectivity index (χ2v) is 5.31. The summed E-state index contributed by atoms with van der Waals surface area (Å²) in [5.41, 5.74) is 2.71. The number of hydrogen-bond acceptors (Lipinski definition) is 2. The fraction of sp³-hybridized carbons (Fsp3) is 0.400. The molecule has 3 nitrogen and oxygen atoms in total. The molecule has 2 aromatic rings. The van der Waals surface area contributed by atoms with Crippen LogP contribution < -0.4 is 0 Å². The van der Waals surface area contributed by atoms with Gasteiger partial charge in [-0.2, -0.15) is 5.10 Å². The van der Waals surface area contributed by atoms with Gasteiger partial charge < -0.3 is 5.11 Å². The third-order valence-corrected chi connectivity index (χ3v) is 3.84. The maximum atomic E-state index is 13.8. The van der Waals surface area contributed by atoms with E-state index in [1.54, 1.807) is 23.9 Å². The fourth-order valence-corrected chi connectivity index (χ4v) is 2.62. The maximum absolute atomic E-state index is 13.8. The van der Waals surface area contributed by atoms with Crippen molar-refractivity contribution in [3.63, 3.8) is 0 Å². The predicted molar refractivity (Wildman–Crippen MR) is 77.4 cm³/mol. The van der Waals surface area contributed by atoms with E-state index in [-0.39, 0.29) is 6.42 Å². The van der Waals surface area contributed by atoms with Gasteiger partial charge in [-0.3, -0.25) is 4.68 Å². The predicted octanol–water partition coefficient (Wildman–Crippen LogP) is 3.36. The van der Waals surface area contributed by atoms with E-state index >= 15 is 0 Å². The van der Waals surface area contributed by atoms with Gasteiger partial charge in [-0.15, -0.1) is 0 Å². The van der Waals surface area contributed by atoms with Crippen molar-refractivity contribution in [3.8, 4) is 0 Å². The highest BCUT2D eigenvalue weighted by atomic mass is 35.5. The van der Waals surface area contributed by atoms with E-state index in [1.807, 2.05) is 13.8 Å². The molecule has 1 N–H and O–H groups in total. The van der Waals surface area contributed by atoms with Crippen LogP contribution in [-0.2, 0) is 19.9 Å². The largest absolute Gasteiger partial charge is 0.388 e. The Labute approximate surface area is 123 Å². The van der Waals surface area contributed by atoms with Crippen LogP contribution in [0.5, 0.6) is 0 Å². The Bertz CT molecular complexity index is 625. The summed E-state index contributed by atoms with van der Waals surface area (Å²) in [5, 5.41) is 15.1. The Hall–Kier alpha value is -1.39. The van der Waals surface area contributed by atoms with Gasteiger partial charge in [0.05, 0.1) is 22.5 Å². The lowest BCUT2D eigenvalue weighted by atomic mass is 10.0. The molecule has 1 atom stereocenters. The monoisotopic (exact) mass is 296 g/mol. The Kier molecular flexibility index (Phi) is 4.45. The standard InChI is InChI=1S/C15H18ClFN2O/c1-4-12-15(16)13(19(3)18-12)8-14(20)10-7-9(2)5-6-11(10)17/h5-7,14,20H,4,8H2,1-3H3. The summed E-state index contributed by atoms with van der Waals surface area (Å²) < 4.78 is 15.4. The number of aliphatic hydroxyl groups excluding tert-OH is 1. The molecule has 2 rings (SSSR count). The van der Waals surface area contributed by atoms with Gasteiger partial charge in [0.1, 0.15) is 5.82 Å². The van der Waals surface area contributed by atoms with Crippen molar-refractivity contribution >= 4 is 11.6 Å². The summed E-state index contributed by atoms with van der Waals surface area (Å²) in [6, 6.07) is 4.71. The second-order valence-electron chi connectivity index (χ2n) is 4.93. The zero-order valence-corrected chi connectivity index (χ0v) is 12.6. The van der Waals surface area contributed by atoms with Crippen LogP contribution in [0.4, 0.5) is 4.39 Å². The van der Waals surface area contributed by atoms with Crippen LogP contribution in [0.25, 0.3) is 0 Å². The second kappa shape index (κ2) is 5.94. The highest BCUT2D eigenvalue weighted by Gasteiger charge is 2.19. The molecule has 5 heteroatoms. The minimum Gasteiger partial charge on any atom is -0.388 e. The summed E-state index contributed by atoms with van der Waals surface area (Å²) in [4.78, 5) is 0. The smallest absolute Gasteiger partial charge is 0.129 e. The molecule has 108 valence electrons. The van der Waals surface area contributed by atoms with Gasteiger partial charge in [-0.25, -0.2) is 4.39 Å². The van der Waals surface area contributed by atoms with E-state index < -0.39 is 11.9 Å². The Balaban J connectivity index is 2.30. The first-order valence-corrected chi connectivity index (χ1v) is 6.96. The van der Waals surface area contributed by atoms with Crippen molar-refractivity contribution < 1.29 is 9.50 Å². The van der Waals surface area contributed by atoms with Crippen molar-refractivity contribution in [3.05, 3.63) is 51.6 Å². The maximum Gasteiger partial charge on any atom is 0.129 e. The quantitative estimate of drug-likeness (QED) is 0.939. The van der Waals surface area contributed by atoms with E-state index in [2.05, 4.69) is 5.10 Å². The molecule has 0 aliphatic heterocycles. The molecular weight excluding hydrogens is 279 g/mol. The van der Waals surface area contributed by atoms with Crippen LogP contribution in [0.1, 0.15) is 35.5 Å². The van der Waals surface area contributed by atoms with Crippen molar-refractivity contribution in [1.82, 2.24) is 9.78 Å². The molecular formula is C15H18ClFN2O. The van der Waals surface area contributed by atoms with Gasteiger partial charge in [0.15, 0.2) is 0 Å². The average Bonchev–Trinajstić information content (AvgIpc) is 2.68. The molecule has 0 bridgehead atoms. The number of nitrogens with zero attached hydrogens (tertiary/aromatic N) is 2. The Morgan fingerprint density at radius 3 is 2.75 bits per heavy atom. The first-order chi connectivity index (χ1) is 9.43. The Morgan fingerprint density at radius 1 is 1.45 bits per heavy atom. The number of halogens is 2. The van der Waals surface area contributed by atoms with Gasteiger partial charge in [-0.1, -0.05) is 36.2 Å². The van der Waals surface area contributed by atoms with E-state index in [4.69, 9.17) is 11.6 Å². The number of hydrogen-bond donors (Lipinski definition) is 1. The summed E-state index contributed by atoms with van der Waals surface area (Å²) in [6.45, 7) is 3.83. The van der Waals surface area contributed by atoms with Crippen molar-refractivity contribution in [2.24, 2.45) is 7.05 Å². The molecule has 1 heterocycles. The highest BCUT2D eigenvalue weighted by molar-refractivity contribution is 6.31. The van der Waals surface area contributed by atoms with Gasteiger partial charge >= 0.3 is 0 Å². The molecule has 0 fully saturated rings. The number of rotatable bonds is 4. The van der Waals surface area contributed by atoms with Crippen LogP contribution in [0.2, 0.25) is 5.02 Å². The first kappa shape index (κ1) is 15.0. The van der Waals surface area contributed by atoms with Crippen molar-refractivity contribution in [2.45, 2.75) is 32.8 Å². The van der Waals surface area contributed by atoms with E-state index in [0.29, 0.717) is 10.6 Å². The third kappa shape index (κ3) is 2.86. The van der Waals surface area contributed by atoms with Gasteiger partial charge in [0, 0.05) is 19.0 Å². The molecule has 0 radical (unpaired) electrons. The SMILES string of the molecule is CCc1nn(C)c(CC(O)c2cc(C)ccc2F)c1Cl. The van der Waals surface area contributed by atoms with E-state index in [1.165, 1.54) is 6.07 Å². The number of aryl methyl sites for hydroxylation is 3. The van der Waals surface area contributed by atoms with Crippen LogP contribution in [0.3, 0.4) is 0 Å². The average molecular weight is 297 g/mol. The van der Waals surface area contributed by atoms with Crippen molar-refractivity contribution in [2.75, 3.05) is 0 Å². The van der Waals surface area contributed by atoms with Gasteiger partial charge in [-0.05, 0) is 19.4 Å². The third-order valence-electron chi connectivity index (χ3n) is 3.40. The minimum atomic E-state index is -0.937. The van der Waals surface area contributed by atoms with E-state index in [0.717, 1.165) is 23.4 Å². The molecule has 0 aliphatic carbocycles. The van der Waals surface area contributed by atoms with Gasteiger partial charge in [0.25, 0.3) is 0 Å². The summed E-state index contributed by atoms with van der Waals surface area (Å²) in [7, 11) is 1.78. The Morgan fingerprint density at radius 2 is 2.15 bits per heavy atom. The van der Waals surface area contributed by atoms with Crippen LogP contribution in [0.15, 0.2) is 18.2 Å². The zero-order chi connectivity index (χ0) is 14.9. The first-order valence-electron chi connectivity index (χ1n) is 6.58. The molecule has 0 spiro atoms. The van der Waals surface area contributed by atoms with E-state index in [9.17, 15) is 9.50 Å². The number of aromatic nitrogens is 2. The highest BCUT2D eigenvalue weighted by Crippen LogP contribution is 2.27. The summed E-state index contributed by atoms with van der Waals surface area (Å²) >= 11 is 6.24.